The molecule has 0 aliphatic carbocycles. The number of nitrogens with zero attached hydrogens (tertiary/aromatic N) is 2. The van der Waals surface area contributed by atoms with Crippen LogP contribution in [0.15, 0.2) is 24.3 Å². The molecule has 33 heavy (non-hydrogen) atoms. The largest absolute Gasteiger partial charge is 0.490 e. The van der Waals surface area contributed by atoms with Crippen molar-refractivity contribution in [1.82, 2.24) is 14.5 Å². The van der Waals surface area contributed by atoms with Gasteiger partial charge in [0.1, 0.15) is 5.82 Å². The summed E-state index contributed by atoms with van der Waals surface area (Å²) in [6.07, 6.45) is -2.29. The molecule has 0 bridgehead atoms. The average molecular weight is 500 g/mol. The smallest absolute Gasteiger partial charge is 0.475 e. The maximum atomic E-state index is 13.1. The number of carbonyl (C=O) groups is 2. The van der Waals surface area contributed by atoms with Gasteiger partial charge in [0.15, 0.2) is 0 Å². The van der Waals surface area contributed by atoms with Gasteiger partial charge in [0, 0.05) is 44.8 Å². The Bertz CT molecular complexity index is 857. The van der Waals surface area contributed by atoms with Crippen LogP contribution in [0.5, 0.6) is 0 Å². The van der Waals surface area contributed by atoms with E-state index in [0.717, 1.165) is 19.3 Å². The number of carboxylic acids is 1. The number of carboxylic acid groups (broad SMARTS) is 1. The number of unbranched alkanes of at least 4 members (excludes halogenated alkanes) is 2. The molecule has 2 N–H and O–H groups in total. The zero-order valence-corrected chi connectivity index (χ0v) is 19.1. The third-order valence-corrected chi connectivity index (χ3v) is 6.59. The van der Waals surface area contributed by atoms with Crippen LogP contribution in [0.2, 0.25) is 0 Å². The van der Waals surface area contributed by atoms with Crippen molar-refractivity contribution in [2.75, 3.05) is 45.0 Å². The predicted molar refractivity (Wildman–Crippen MR) is 114 cm³/mol. The standard InChI is InChI=1S/C18H28FN3O3S.C2HF3O2/c1-2-3-4-11-21(18(23)16-5-7-17(19)8-6-16)14-15-26(24,25)22-12-9-20-10-13-22;3-2(4,5)1(6)7/h5-8,20H,2-4,9-15H2,1H3;(H,6,7). The topological polar surface area (TPSA) is 107 Å². The second kappa shape index (κ2) is 13.5. The summed E-state index contributed by atoms with van der Waals surface area (Å²) in [7, 11) is -3.39. The molecule has 1 fully saturated rings. The summed E-state index contributed by atoms with van der Waals surface area (Å²) in [6, 6.07) is 5.37. The number of rotatable bonds is 9. The van der Waals surface area contributed by atoms with Crippen molar-refractivity contribution in [2.24, 2.45) is 0 Å². The minimum Gasteiger partial charge on any atom is -0.475 e. The predicted octanol–water partition coefficient (Wildman–Crippen LogP) is 2.33. The van der Waals surface area contributed by atoms with E-state index in [-0.39, 0.29) is 18.2 Å². The minimum atomic E-state index is -5.08. The van der Waals surface area contributed by atoms with Crippen molar-refractivity contribution in [3.05, 3.63) is 35.6 Å². The summed E-state index contributed by atoms with van der Waals surface area (Å²) in [5.74, 6) is -3.50. The number of benzene rings is 1. The number of halogens is 4. The van der Waals surface area contributed by atoms with Crippen molar-refractivity contribution in [1.29, 1.82) is 0 Å². The Morgan fingerprint density at radius 2 is 1.64 bits per heavy atom. The summed E-state index contributed by atoms with van der Waals surface area (Å²) >= 11 is 0. The van der Waals surface area contributed by atoms with E-state index in [2.05, 4.69) is 12.2 Å². The van der Waals surface area contributed by atoms with E-state index < -0.39 is 28.0 Å². The van der Waals surface area contributed by atoms with Crippen LogP contribution < -0.4 is 5.32 Å². The molecule has 0 saturated carbocycles. The third kappa shape index (κ3) is 10.5. The molecule has 1 saturated heterocycles. The van der Waals surface area contributed by atoms with Crippen molar-refractivity contribution in [3.63, 3.8) is 0 Å². The minimum absolute atomic E-state index is 0.0912. The van der Waals surface area contributed by atoms with Crippen LogP contribution in [0.1, 0.15) is 36.5 Å². The van der Waals surface area contributed by atoms with Gasteiger partial charge < -0.3 is 15.3 Å². The first-order valence-electron chi connectivity index (χ1n) is 10.4. The summed E-state index contributed by atoms with van der Waals surface area (Å²) in [5, 5.41) is 10.3. The third-order valence-electron chi connectivity index (χ3n) is 4.74. The van der Waals surface area contributed by atoms with Crippen molar-refractivity contribution in [3.8, 4) is 0 Å². The highest BCUT2D eigenvalue weighted by molar-refractivity contribution is 7.89. The second-order valence-corrected chi connectivity index (χ2v) is 9.36. The fourth-order valence-corrected chi connectivity index (χ4v) is 4.37. The van der Waals surface area contributed by atoms with E-state index in [1.165, 1.54) is 28.6 Å². The molecule has 0 aromatic heterocycles. The van der Waals surface area contributed by atoms with Gasteiger partial charge in [0.05, 0.1) is 5.75 Å². The molecule has 1 aliphatic rings. The number of hydrogen-bond acceptors (Lipinski definition) is 5. The quantitative estimate of drug-likeness (QED) is 0.399. The van der Waals surface area contributed by atoms with Gasteiger partial charge in [-0.3, -0.25) is 4.79 Å². The van der Waals surface area contributed by atoms with Crippen molar-refractivity contribution < 1.29 is 40.7 Å². The first kappa shape index (κ1) is 28.8. The molecular weight excluding hydrogens is 470 g/mol. The van der Waals surface area contributed by atoms with Crippen LogP contribution in [0.3, 0.4) is 0 Å². The molecule has 1 heterocycles. The van der Waals surface area contributed by atoms with E-state index in [1.807, 2.05) is 0 Å². The summed E-state index contributed by atoms with van der Waals surface area (Å²) in [6.45, 7) is 4.93. The van der Waals surface area contributed by atoms with Crippen LogP contribution >= 0.6 is 0 Å². The Labute approximate surface area is 190 Å². The molecule has 188 valence electrons. The average Bonchev–Trinajstić information content (AvgIpc) is 2.76. The zero-order chi connectivity index (χ0) is 25.1. The first-order chi connectivity index (χ1) is 15.4. The molecule has 0 radical (unpaired) electrons. The Morgan fingerprint density at radius 3 is 2.12 bits per heavy atom. The molecule has 2 rings (SSSR count). The molecule has 8 nitrogen and oxygen atoms in total. The molecule has 0 spiro atoms. The van der Waals surface area contributed by atoms with Crippen LogP contribution in [-0.4, -0.2) is 85.8 Å². The second-order valence-electron chi connectivity index (χ2n) is 7.27. The van der Waals surface area contributed by atoms with E-state index in [0.29, 0.717) is 38.3 Å². The van der Waals surface area contributed by atoms with Gasteiger partial charge >= 0.3 is 12.1 Å². The SMILES string of the molecule is CCCCCN(CCS(=O)(=O)N1CCNCC1)C(=O)c1ccc(F)cc1.O=C(O)C(F)(F)F. The number of sulfonamides is 1. The maximum absolute atomic E-state index is 13.1. The molecule has 0 atom stereocenters. The van der Waals surface area contributed by atoms with Gasteiger partial charge in [-0.15, -0.1) is 0 Å². The van der Waals surface area contributed by atoms with E-state index in [9.17, 15) is 30.8 Å². The van der Waals surface area contributed by atoms with Gasteiger partial charge in [0.25, 0.3) is 5.91 Å². The zero-order valence-electron chi connectivity index (χ0n) is 18.3. The lowest BCUT2D eigenvalue weighted by Gasteiger charge is -2.28. The molecular formula is C20H29F4N3O5S. The van der Waals surface area contributed by atoms with Crippen LogP contribution in [-0.2, 0) is 14.8 Å². The Balaban J connectivity index is 0.000000675. The highest BCUT2D eigenvalue weighted by Gasteiger charge is 2.38. The van der Waals surface area contributed by atoms with Gasteiger partial charge in [-0.25, -0.2) is 17.6 Å². The Morgan fingerprint density at radius 1 is 1.09 bits per heavy atom. The Kier molecular flexibility index (Phi) is 11.7. The van der Waals surface area contributed by atoms with E-state index >= 15 is 0 Å². The fourth-order valence-electron chi connectivity index (χ4n) is 2.92. The number of hydrogen-bond donors (Lipinski definition) is 2. The number of aliphatic carboxylic acids is 1. The monoisotopic (exact) mass is 499 g/mol. The molecule has 1 aromatic carbocycles. The lowest BCUT2D eigenvalue weighted by Crippen LogP contribution is -2.48. The van der Waals surface area contributed by atoms with Crippen LogP contribution in [0, 0.1) is 5.82 Å². The maximum Gasteiger partial charge on any atom is 0.490 e. The number of piperazine rings is 1. The van der Waals surface area contributed by atoms with Gasteiger partial charge in [-0.1, -0.05) is 19.8 Å². The molecule has 1 amide bonds. The number of nitrogens with one attached hydrogen (secondary N) is 1. The van der Waals surface area contributed by atoms with E-state index in [4.69, 9.17) is 9.90 Å². The summed E-state index contributed by atoms with van der Waals surface area (Å²) in [5.41, 5.74) is 0.377. The normalized spacial score (nSPS) is 14.8. The summed E-state index contributed by atoms with van der Waals surface area (Å²) in [4.78, 5) is 23.2. The van der Waals surface area contributed by atoms with Gasteiger partial charge in [-0.2, -0.15) is 17.5 Å². The molecule has 1 aliphatic heterocycles. The number of alkyl halides is 3. The molecule has 0 unspecified atom stereocenters. The lowest BCUT2D eigenvalue weighted by molar-refractivity contribution is -0.192. The fraction of sp³-hybridized carbons (Fsp3) is 0.600. The van der Waals surface area contributed by atoms with Crippen LogP contribution in [0.4, 0.5) is 17.6 Å². The highest BCUT2D eigenvalue weighted by atomic mass is 32.2. The highest BCUT2D eigenvalue weighted by Crippen LogP contribution is 2.13. The molecule has 13 heteroatoms. The first-order valence-corrected chi connectivity index (χ1v) is 12.0. The summed E-state index contributed by atoms with van der Waals surface area (Å²) < 4.78 is 71.4. The molecule has 1 aromatic rings. The van der Waals surface area contributed by atoms with Crippen molar-refractivity contribution >= 4 is 21.9 Å². The lowest BCUT2D eigenvalue weighted by atomic mass is 10.1. The Hall–Kier alpha value is -2.25. The van der Waals surface area contributed by atoms with Crippen LogP contribution in [0.25, 0.3) is 0 Å². The van der Waals surface area contributed by atoms with Gasteiger partial charge in [0.2, 0.25) is 10.0 Å². The van der Waals surface area contributed by atoms with Crippen molar-refractivity contribution in [2.45, 2.75) is 32.4 Å². The van der Waals surface area contributed by atoms with Gasteiger partial charge in [-0.05, 0) is 30.7 Å². The number of amides is 1. The number of carbonyl (C=O) groups excluding carboxylic acids is 1. The van der Waals surface area contributed by atoms with E-state index in [1.54, 1.807) is 4.90 Å².